The predicted molar refractivity (Wildman–Crippen MR) is 107 cm³/mol. The van der Waals surface area contributed by atoms with Crippen LogP contribution in [0, 0.1) is 0 Å². The second-order valence-electron chi connectivity index (χ2n) is 7.96. The smallest absolute Gasteiger partial charge is 0.394 e. The Balaban J connectivity index is 1.57. The van der Waals surface area contributed by atoms with Crippen molar-refractivity contribution in [1.29, 1.82) is 0 Å². The van der Waals surface area contributed by atoms with E-state index in [2.05, 4.69) is 13.4 Å². The van der Waals surface area contributed by atoms with Gasteiger partial charge in [0, 0.05) is 13.0 Å². The lowest BCUT2D eigenvalue weighted by atomic mass is 10.00. The summed E-state index contributed by atoms with van der Waals surface area (Å²) in [5, 5.41) is 60.6. The zero-order valence-corrected chi connectivity index (χ0v) is 19.9. The Hall–Kier alpha value is -1.12. The van der Waals surface area contributed by atoms with Crippen molar-refractivity contribution in [1.82, 2.24) is 10.2 Å². The topological polar surface area (TPSA) is 292 Å². The van der Waals surface area contributed by atoms with Crippen molar-refractivity contribution in [3.05, 3.63) is 0 Å². The molecule has 3 aliphatic heterocycles. The van der Waals surface area contributed by atoms with E-state index >= 15 is 0 Å². The Bertz CT molecular complexity index is 920. The molecule has 0 spiro atoms. The van der Waals surface area contributed by atoms with Crippen molar-refractivity contribution in [3.63, 3.8) is 0 Å². The van der Waals surface area contributed by atoms with Crippen molar-refractivity contribution in [2.75, 3.05) is 19.8 Å². The standard InChI is InChI=1S/C15H26N2O17P2/c18-3-5-8(20)10(22)12(24)14(32-5)33-36(28,29)34-35(26,27)30-4-6-9(21)11(23)13(31-6)17-2-1-7(19)16-15(17)25/h5-6,8-14,18,20-24H,1-4H2,(H,26,27)(H,28,29)(H,16,19,25)/t5-,6-,8-,9-,10+,11-,12-,13-,14+/m1/s1. The van der Waals surface area contributed by atoms with E-state index < -0.39 is 96.0 Å². The maximum absolute atomic E-state index is 12.2. The number of rotatable bonds is 9. The number of amides is 3. The van der Waals surface area contributed by atoms with E-state index in [4.69, 9.17) is 14.6 Å². The Morgan fingerprint density at radius 1 is 0.917 bits per heavy atom. The van der Waals surface area contributed by atoms with Crippen molar-refractivity contribution in [2.45, 2.75) is 61.7 Å². The van der Waals surface area contributed by atoms with Crippen LogP contribution < -0.4 is 5.32 Å². The Kier molecular flexibility index (Phi) is 9.26. The van der Waals surface area contributed by atoms with E-state index in [9.17, 15) is 54.0 Å². The number of imide groups is 1. The first kappa shape index (κ1) is 29.4. The predicted octanol–water partition coefficient (Wildman–Crippen LogP) is -4.57. The number of hydrogen-bond acceptors (Lipinski definition) is 15. The number of urea groups is 1. The number of carbonyl (C=O) groups excluding carboxylic acids is 2. The summed E-state index contributed by atoms with van der Waals surface area (Å²) in [6.45, 7) is -2.05. The van der Waals surface area contributed by atoms with Gasteiger partial charge < -0.3 is 49.9 Å². The molecule has 36 heavy (non-hydrogen) atoms. The molecule has 0 saturated carbocycles. The molecular weight excluding hydrogens is 542 g/mol. The molecule has 3 aliphatic rings. The van der Waals surface area contributed by atoms with Crippen LogP contribution in [0.1, 0.15) is 6.42 Å². The van der Waals surface area contributed by atoms with E-state index in [0.29, 0.717) is 0 Å². The highest BCUT2D eigenvalue weighted by atomic mass is 31.3. The van der Waals surface area contributed by atoms with Gasteiger partial charge in [0.2, 0.25) is 5.91 Å². The molecule has 3 fully saturated rings. The third kappa shape index (κ3) is 6.65. The molecule has 208 valence electrons. The molecule has 3 amide bonds. The fraction of sp³-hybridized carbons (Fsp3) is 0.867. The first-order valence-electron chi connectivity index (χ1n) is 10.3. The highest BCUT2D eigenvalue weighted by Gasteiger charge is 2.50. The Morgan fingerprint density at radius 3 is 2.17 bits per heavy atom. The van der Waals surface area contributed by atoms with Crippen LogP contribution in [0.15, 0.2) is 0 Å². The van der Waals surface area contributed by atoms with Gasteiger partial charge in [0.05, 0.1) is 13.2 Å². The molecule has 9 N–H and O–H groups in total. The van der Waals surface area contributed by atoms with Crippen molar-refractivity contribution in [2.24, 2.45) is 0 Å². The maximum Gasteiger partial charge on any atom is 0.483 e. The van der Waals surface area contributed by atoms with Crippen LogP contribution in [-0.2, 0) is 36.8 Å². The molecule has 0 aromatic carbocycles. The summed E-state index contributed by atoms with van der Waals surface area (Å²) in [4.78, 5) is 43.7. The van der Waals surface area contributed by atoms with Crippen LogP contribution in [0.3, 0.4) is 0 Å². The van der Waals surface area contributed by atoms with E-state index in [1.165, 1.54) is 0 Å². The average molecular weight is 568 g/mol. The largest absolute Gasteiger partial charge is 0.483 e. The molecule has 0 aliphatic carbocycles. The monoisotopic (exact) mass is 568 g/mol. The molecule has 3 rings (SSSR count). The minimum atomic E-state index is -5.58. The van der Waals surface area contributed by atoms with E-state index in [-0.39, 0.29) is 13.0 Å². The van der Waals surface area contributed by atoms with Crippen LogP contribution >= 0.6 is 15.6 Å². The van der Waals surface area contributed by atoms with Gasteiger partial charge in [0.15, 0.2) is 12.5 Å². The number of ether oxygens (including phenoxy) is 2. The van der Waals surface area contributed by atoms with Crippen molar-refractivity contribution >= 4 is 27.6 Å². The van der Waals surface area contributed by atoms with Gasteiger partial charge in [-0.05, 0) is 0 Å². The number of aliphatic hydroxyl groups excluding tert-OH is 6. The maximum atomic E-state index is 12.2. The van der Waals surface area contributed by atoms with Crippen LogP contribution in [0.2, 0.25) is 0 Å². The highest BCUT2D eigenvalue weighted by molar-refractivity contribution is 7.61. The van der Waals surface area contributed by atoms with Gasteiger partial charge >= 0.3 is 21.7 Å². The van der Waals surface area contributed by atoms with Gasteiger partial charge in [-0.15, -0.1) is 0 Å². The minimum Gasteiger partial charge on any atom is -0.394 e. The molecule has 0 aromatic rings. The molecule has 2 unspecified atom stereocenters. The first-order valence-corrected chi connectivity index (χ1v) is 13.3. The second-order valence-corrected chi connectivity index (χ2v) is 11.0. The summed E-state index contributed by atoms with van der Waals surface area (Å²) in [7, 11) is -11.1. The fourth-order valence-electron chi connectivity index (χ4n) is 3.57. The van der Waals surface area contributed by atoms with Gasteiger partial charge in [0.1, 0.15) is 42.7 Å². The molecule has 3 saturated heterocycles. The Labute approximate surface area is 201 Å². The second kappa shape index (κ2) is 11.3. The number of phosphoric ester groups is 2. The quantitative estimate of drug-likeness (QED) is 0.118. The van der Waals surface area contributed by atoms with Crippen LogP contribution in [-0.4, -0.2) is 132 Å². The van der Waals surface area contributed by atoms with Gasteiger partial charge in [-0.1, -0.05) is 0 Å². The Morgan fingerprint density at radius 2 is 1.56 bits per heavy atom. The number of nitrogens with one attached hydrogen (secondary N) is 1. The highest BCUT2D eigenvalue weighted by Crippen LogP contribution is 2.61. The van der Waals surface area contributed by atoms with Crippen LogP contribution in [0.4, 0.5) is 4.79 Å². The van der Waals surface area contributed by atoms with E-state index in [1.807, 2.05) is 5.32 Å². The summed E-state index contributed by atoms with van der Waals surface area (Å²) in [6, 6.07) is -0.910. The SMILES string of the molecule is O=C1CCN([C@@H]2O[C@H](COP(=O)(O)OP(=O)(O)O[C@@H]3O[C@H](CO)[C@@H](O)[C@H](O)[C@H]3O)[C@@H](O)[C@H]2O)C(=O)N1. The molecule has 19 nitrogen and oxygen atoms in total. The molecule has 3 heterocycles. The third-order valence-corrected chi connectivity index (χ3v) is 8.03. The van der Waals surface area contributed by atoms with Crippen LogP contribution in [0.25, 0.3) is 0 Å². The number of hydrogen-bond donors (Lipinski definition) is 9. The normalized spacial score (nSPS) is 41.0. The lowest BCUT2D eigenvalue weighted by Crippen LogP contribution is -2.58. The summed E-state index contributed by atoms with van der Waals surface area (Å²) in [5.41, 5.74) is 0. The fourth-order valence-corrected chi connectivity index (χ4v) is 5.73. The summed E-state index contributed by atoms with van der Waals surface area (Å²) in [5.74, 6) is -0.568. The number of nitrogens with zero attached hydrogens (tertiary/aromatic N) is 1. The lowest BCUT2D eigenvalue weighted by Gasteiger charge is -2.39. The molecule has 0 aromatic heterocycles. The van der Waals surface area contributed by atoms with Crippen molar-refractivity contribution < 1.29 is 82.0 Å². The first-order chi connectivity index (χ1) is 16.7. The zero-order chi connectivity index (χ0) is 27.0. The molecule has 21 heteroatoms. The number of carbonyl (C=O) groups is 2. The third-order valence-electron chi connectivity index (χ3n) is 5.43. The average Bonchev–Trinajstić information content (AvgIpc) is 3.06. The van der Waals surface area contributed by atoms with E-state index in [1.54, 1.807) is 0 Å². The van der Waals surface area contributed by atoms with Gasteiger partial charge in [0.25, 0.3) is 0 Å². The van der Waals surface area contributed by atoms with Crippen molar-refractivity contribution in [3.8, 4) is 0 Å². The van der Waals surface area contributed by atoms with Gasteiger partial charge in [-0.25, -0.2) is 13.9 Å². The molecule has 0 bridgehead atoms. The lowest BCUT2D eigenvalue weighted by molar-refractivity contribution is -0.280. The summed E-state index contributed by atoms with van der Waals surface area (Å²) >= 11 is 0. The number of phosphoric acid groups is 2. The number of aliphatic hydroxyl groups is 6. The molecular formula is C15H26N2O17P2. The minimum absolute atomic E-state index is 0.116. The van der Waals surface area contributed by atoms with E-state index in [0.717, 1.165) is 4.90 Å². The van der Waals surface area contributed by atoms with Crippen LogP contribution in [0.5, 0.6) is 0 Å². The zero-order valence-electron chi connectivity index (χ0n) is 18.1. The van der Waals surface area contributed by atoms with Gasteiger partial charge in [-0.3, -0.25) is 24.1 Å². The summed E-state index contributed by atoms with van der Waals surface area (Å²) < 4.78 is 47.5. The molecule has 11 atom stereocenters. The molecule has 0 radical (unpaired) electrons. The van der Waals surface area contributed by atoms with Gasteiger partial charge in [-0.2, -0.15) is 4.31 Å². The summed E-state index contributed by atoms with van der Waals surface area (Å²) in [6.07, 6.45) is -16.2.